The van der Waals surface area contributed by atoms with Gasteiger partial charge in [-0.15, -0.1) is 0 Å². The molecular weight excluding hydrogens is 329 g/mol. The highest BCUT2D eigenvalue weighted by molar-refractivity contribution is 5.41. The quantitative estimate of drug-likeness (QED) is 0.823. The van der Waals surface area contributed by atoms with Crippen molar-refractivity contribution in [1.82, 2.24) is 0 Å². The summed E-state index contributed by atoms with van der Waals surface area (Å²) in [7, 11) is 0. The monoisotopic (exact) mass is 338 g/mol. The summed E-state index contributed by atoms with van der Waals surface area (Å²) in [5.74, 6) is -8.89. The number of halogens is 7. The first-order valence-corrected chi connectivity index (χ1v) is 6.20. The van der Waals surface area contributed by atoms with Crippen LogP contribution in [0.3, 0.4) is 0 Å². The van der Waals surface area contributed by atoms with E-state index in [1.54, 1.807) is 0 Å². The van der Waals surface area contributed by atoms with Crippen LogP contribution in [0.2, 0.25) is 0 Å². The van der Waals surface area contributed by atoms with Crippen LogP contribution in [0.15, 0.2) is 48.5 Å². The van der Waals surface area contributed by atoms with E-state index in [0.29, 0.717) is 24.3 Å². The van der Waals surface area contributed by atoms with Crippen molar-refractivity contribution in [3.63, 3.8) is 0 Å². The van der Waals surface area contributed by atoms with Crippen molar-refractivity contribution in [2.24, 2.45) is 0 Å². The average molecular weight is 338 g/mol. The third kappa shape index (κ3) is 2.56. The molecule has 0 saturated heterocycles. The molecule has 0 atom stereocenters. The Balaban J connectivity index is 2.87. The van der Waals surface area contributed by atoms with Gasteiger partial charge in [-0.3, -0.25) is 0 Å². The number of benzene rings is 2. The zero-order valence-corrected chi connectivity index (χ0v) is 11.2. The normalized spacial score (nSPS) is 13.2. The molecule has 1 N–H and O–H groups in total. The molecule has 0 aliphatic carbocycles. The zero-order valence-electron chi connectivity index (χ0n) is 11.2. The summed E-state index contributed by atoms with van der Waals surface area (Å²) >= 11 is 0. The zero-order chi connectivity index (χ0) is 17.5. The van der Waals surface area contributed by atoms with Crippen LogP contribution in [0, 0.1) is 11.6 Å². The summed E-state index contributed by atoms with van der Waals surface area (Å²) < 4.78 is 94.1. The fraction of sp³-hybridized carbons (Fsp3) is 0.200. The third-order valence-electron chi connectivity index (χ3n) is 3.34. The van der Waals surface area contributed by atoms with E-state index in [1.807, 2.05) is 0 Å². The molecule has 0 fully saturated rings. The number of aliphatic hydroxyl groups is 1. The van der Waals surface area contributed by atoms with Crippen molar-refractivity contribution in [1.29, 1.82) is 0 Å². The molecule has 8 heteroatoms. The maximum atomic E-state index is 14.0. The van der Waals surface area contributed by atoms with E-state index >= 15 is 0 Å². The van der Waals surface area contributed by atoms with Crippen LogP contribution in [0.4, 0.5) is 30.7 Å². The van der Waals surface area contributed by atoms with E-state index in [0.717, 1.165) is 24.3 Å². The lowest BCUT2D eigenvalue weighted by Crippen LogP contribution is -2.56. The first kappa shape index (κ1) is 17.3. The van der Waals surface area contributed by atoms with Crippen LogP contribution in [0.5, 0.6) is 0 Å². The van der Waals surface area contributed by atoms with Crippen LogP contribution < -0.4 is 0 Å². The molecule has 2 aromatic carbocycles. The Hall–Kier alpha value is -2.09. The highest BCUT2D eigenvalue weighted by Crippen LogP contribution is 2.52. The number of alkyl halides is 5. The van der Waals surface area contributed by atoms with E-state index < -0.39 is 40.5 Å². The lowest BCUT2D eigenvalue weighted by Gasteiger charge is -2.37. The van der Waals surface area contributed by atoms with Gasteiger partial charge in [0, 0.05) is 11.1 Å². The van der Waals surface area contributed by atoms with E-state index in [-0.39, 0.29) is 0 Å². The summed E-state index contributed by atoms with van der Waals surface area (Å²) in [4.78, 5) is 0. The molecule has 0 aliphatic heterocycles. The van der Waals surface area contributed by atoms with Crippen molar-refractivity contribution in [2.75, 3.05) is 0 Å². The van der Waals surface area contributed by atoms with E-state index in [1.165, 1.54) is 0 Å². The molecule has 2 aromatic rings. The van der Waals surface area contributed by atoms with Gasteiger partial charge >= 0.3 is 12.1 Å². The predicted molar refractivity (Wildman–Crippen MR) is 66.8 cm³/mol. The van der Waals surface area contributed by atoms with Crippen molar-refractivity contribution < 1.29 is 35.8 Å². The number of rotatable bonds is 3. The first-order valence-electron chi connectivity index (χ1n) is 6.20. The van der Waals surface area contributed by atoms with Gasteiger partial charge in [0.15, 0.2) is 5.60 Å². The molecule has 1 nitrogen and oxygen atoms in total. The van der Waals surface area contributed by atoms with Gasteiger partial charge in [0.2, 0.25) is 0 Å². The maximum absolute atomic E-state index is 14.0. The summed E-state index contributed by atoms with van der Waals surface area (Å²) in [5.41, 5.74) is -7.03. The minimum atomic E-state index is -6.24. The minimum absolute atomic E-state index is 0.543. The van der Waals surface area contributed by atoms with Crippen molar-refractivity contribution in [3.05, 3.63) is 71.3 Å². The summed E-state index contributed by atoms with van der Waals surface area (Å²) in [5, 5.41) is 10.2. The van der Waals surface area contributed by atoms with E-state index in [4.69, 9.17) is 0 Å². The second-order valence-electron chi connectivity index (χ2n) is 4.74. The lowest BCUT2D eigenvalue weighted by atomic mass is 9.80. The second kappa shape index (κ2) is 5.52. The molecular formula is C15H9F7O. The van der Waals surface area contributed by atoms with Gasteiger partial charge in [0.25, 0.3) is 0 Å². The Morgan fingerprint density at radius 1 is 0.652 bits per heavy atom. The van der Waals surface area contributed by atoms with Crippen molar-refractivity contribution in [3.8, 4) is 0 Å². The standard InChI is InChI=1S/C15H9F7O/c16-11-7-3-1-5-9(11)13(23,14(18,19)15(20,21)22)10-6-2-4-8-12(10)17/h1-8,23H. The molecule has 0 bridgehead atoms. The largest absolute Gasteiger partial charge is 0.457 e. The molecule has 23 heavy (non-hydrogen) atoms. The second-order valence-corrected chi connectivity index (χ2v) is 4.74. The molecule has 0 saturated carbocycles. The predicted octanol–water partition coefficient (Wildman–Crippen LogP) is 4.40. The topological polar surface area (TPSA) is 20.2 Å². The third-order valence-corrected chi connectivity index (χ3v) is 3.34. The number of hydrogen-bond acceptors (Lipinski definition) is 1. The van der Waals surface area contributed by atoms with Gasteiger partial charge in [-0.05, 0) is 12.1 Å². The van der Waals surface area contributed by atoms with Gasteiger partial charge in [-0.25, -0.2) is 8.78 Å². The van der Waals surface area contributed by atoms with Gasteiger partial charge in [-0.1, -0.05) is 36.4 Å². The molecule has 0 amide bonds. The smallest absolute Gasteiger partial charge is 0.374 e. The Bertz CT molecular complexity index is 663. The van der Waals surface area contributed by atoms with Crippen LogP contribution in [-0.2, 0) is 5.60 Å². The SMILES string of the molecule is OC(c1ccccc1F)(c1ccccc1F)C(F)(F)C(F)(F)F. The Morgan fingerprint density at radius 2 is 1.00 bits per heavy atom. The lowest BCUT2D eigenvalue weighted by molar-refractivity contribution is -0.337. The molecule has 124 valence electrons. The van der Waals surface area contributed by atoms with Crippen molar-refractivity contribution >= 4 is 0 Å². The van der Waals surface area contributed by atoms with Crippen LogP contribution in [-0.4, -0.2) is 17.2 Å². The van der Waals surface area contributed by atoms with Crippen LogP contribution >= 0.6 is 0 Å². The van der Waals surface area contributed by atoms with Gasteiger partial charge in [0.05, 0.1) is 0 Å². The molecule has 0 radical (unpaired) electrons. The molecule has 0 heterocycles. The highest BCUT2D eigenvalue weighted by Gasteiger charge is 2.72. The molecule has 0 spiro atoms. The molecule has 0 unspecified atom stereocenters. The first-order chi connectivity index (χ1) is 10.5. The van der Waals surface area contributed by atoms with Gasteiger partial charge < -0.3 is 5.11 Å². The molecule has 2 rings (SSSR count). The van der Waals surface area contributed by atoms with Gasteiger partial charge in [-0.2, -0.15) is 22.0 Å². The van der Waals surface area contributed by atoms with Gasteiger partial charge in [0.1, 0.15) is 11.6 Å². The summed E-state index contributed by atoms with van der Waals surface area (Å²) in [6.45, 7) is 0. The molecule has 0 aromatic heterocycles. The highest BCUT2D eigenvalue weighted by atomic mass is 19.4. The minimum Gasteiger partial charge on any atom is -0.374 e. The molecule has 0 aliphatic rings. The summed E-state index contributed by atoms with van der Waals surface area (Å²) in [6.07, 6.45) is -6.24. The maximum Gasteiger partial charge on any atom is 0.457 e. The Morgan fingerprint density at radius 3 is 1.30 bits per heavy atom. The van der Waals surface area contributed by atoms with E-state index in [2.05, 4.69) is 0 Å². The summed E-state index contributed by atoms with van der Waals surface area (Å²) in [6, 6.07) is 6.25. The number of hydrogen-bond donors (Lipinski definition) is 1. The van der Waals surface area contributed by atoms with Crippen molar-refractivity contribution in [2.45, 2.75) is 17.7 Å². The fourth-order valence-corrected chi connectivity index (χ4v) is 2.20. The Labute approximate surface area is 126 Å². The van der Waals surface area contributed by atoms with E-state index in [9.17, 15) is 35.8 Å². The van der Waals surface area contributed by atoms with Crippen LogP contribution in [0.1, 0.15) is 11.1 Å². The Kier molecular flexibility index (Phi) is 4.14. The van der Waals surface area contributed by atoms with Crippen LogP contribution in [0.25, 0.3) is 0 Å². The fourth-order valence-electron chi connectivity index (χ4n) is 2.20. The average Bonchev–Trinajstić information content (AvgIpc) is 2.46.